The van der Waals surface area contributed by atoms with Crippen LogP contribution in [0.4, 0.5) is 0 Å². The Bertz CT molecular complexity index is 8180. The van der Waals surface area contributed by atoms with Crippen molar-refractivity contribution >= 4 is 109 Å². The number of aryl methyl sites for hydroxylation is 1. The molecule has 0 N–H and O–H groups in total. The molecule has 0 saturated heterocycles. The highest BCUT2D eigenvalue weighted by Crippen LogP contribution is 2.39. The summed E-state index contributed by atoms with van der Waals surface area (Å²) in [5.41, 5.74) is 28.5. The van der Waals surface area contributed by atoms with E-state index in [2.05, 4.69) is 315 Å². The normalized spacial score (nSPS) is 11.4. The molecule has 24 aromatic rings. The summed E-state index contributed by atoms with van der Waals surface area (Å²) in [5.74, 6) is 0. The van der Waals surface area contributed by atoms with Crippen LogP contribution in [0.3, 0.4) is 0 Å². The minimum absolute atomic E-state index is 0.616. The summed E-state index contributed by atoms with van der Waals surface area (Å²) in [6.45, 7) is 2.13. The lowest BCUT2D eigenvalue weighted by Gasteiger charge is -2.10. The summed E-state index contributed by atoms with van der Waals surface area (Å²) < 4.78 is 6.85. The van der Waals surface area contributed by atoms with Crippen molar-refractivity contribution in [2.75, 3.05) is 0 Å². The van der Waals surface area contributed by atoms with Crippen LogP contribution < -0.4 is 0 Å². The number of aromatic nitrogens is 13. The highest BCUT2D eigenvalue weighted by atomic mass is 35.5. The zero-order valence-electron chi connectivity index (χ0n) is 67.5. The third-order valence-electron chi connectivity index (χ3n) is 23.2. The van der Waals surface area contributed by atoms with Crippen LogP contribution in [0.2, 0.25) is 5.02 Å². The van der Waals surface area contributed by atoms with Crippen LogP contribution in [-0.4, -0.2) is 63.5 Å². The molecular formula is C111H72ClN13. The fourth-order valence-electron chi connectivity index (χ4n) is 17.1. The van der Waals surface area contributed by atoms with E-state index in [0.717, 1.165) is 163 Å². The maximum absolute atomic E-state index is 6.64. The SMILES string of the molecule is Cc1ccc2c(c1)c1cnccc1n2-c1ccc(-c2cccc(-c3cccc(-c4ccc5ccccc5n4)n3)n2)cc1.Clc1cc(-c2ccc(-n3c4ccccc4c4ccncc43)cc2)nc(-c2cccc(-c3ccc4ccccc4c3)n2)c1.c1cc(-c2ccc(-n3c4ccccc4c4cnccc43)cc2)nc(-c2cccc(-c3ccc4ccccc4c3)n2)c1. The number of hydrogen-bond acceptors (Lipinski definition) is 10. The van der Waals surface area contributed by atoms with Gasteiger partial charge in [-0.2, -0.15) is 0 Å². The van der Waals surface area contributed by atoms with Crippen molar-refractivity contribution in [2.24, 2.45) is 0 Å². The van der Waals surface area contributed by atoms with Gasteiger partial charge in [0.25, 0.3) is 0 Å². The Hall–Kier alpha value is -16.6. The predicted octanol–water partition coefficient (Wildman–Crippen LogP) is 27.7. The second-order valence-electron chi connectivity index (χ2n) is 31.0. The van der Waals surface area contributed by atoms with Gasteiger partial charge in [-0.15, -0.1) is 0 Å². The summed E-state index contributed by atoms with van der Waals surface area (Å²) in [6, 6.07) is 131. The van der Waals surface area contributed by atoms with Gasteiger partial charge in [-0.3, -0.25) is 15.0 Å². The molecule has 0 unspecified atom stereocenters. The highest BCUT2D eigenvalue weighted by molar-refractivity contribution is 6.31. The number of pyridine rings is 10. The molecule has 588 valence electrons. The van der Waals surface area contributed by atoms with E-state index in [1.54, 1.807) is 0 Å². The molecule has 0 spiro atoms. The van der Waals surface area contributed by atoms with Gasteiger partial charge in [-0.05, 0) is 204 Å². The Kier molecular flexibility index (Phi) is 19.2. The van der Waals surface area contributed by atoms with Gasteiger partial charge in [0.05, 0.1) is 119 Å². The molecule has 0 aliphatic heterocycles. The number of para-hydroxylation sites is 3. The summed E-state index contributed by atoms with van der Waals surface area (Å²) in [6.07, 6.45) is 11.4. The third-order valence-corrected chi connectivity index (χ3v) is 23.4. The second-order valence-corrected chi connectivity index (χ2v) is 31.4. The molecule has 13 aromatic heterocycles. The van der Waals surface area contributed by atoms with Gasteiger partial charge >= 0.3 is 0 Å². The van der Waals surface area contributed by atoms with Crippen LogP contribution in [0.1, 0.15) is 5.56 Å². The van der Waals surface area contributed by atoms with Crippen molar-refractivity contribution in [3.63, 3.8) is 0 Å². The lowest BCUT2D eigenvalue weighted by atomic mass is 10.0. The average molecular weight is 1620 g/mol. The first-order chi connectivity index (χ1) is 61.7. The molecule has 0 saturated carbocycles. The van der Waals surface area contributed by atoms with E-state index in [0.29, 0.717) is 5.02 Å². The first-order valence-electron chi connectivity index (χ1n) is 41.5. The smallest absolute Gasteiger partial charge is 0.0908 e. The Morgan fingerprint density at radius 2 is 0.544 bits per heavy atom. The molecule has 14 heteroatoms. The Morgan fingerprint density at radius 1 is 0.200 bits per heavy atom. The van der Waals surface area contributed by atoms with Crippen LogP contribution in [0.15, 0.2) is 419 Å². The standard InChI is InChI=1S/C37H23ClN4.C37H25N5.C37H24N4/c38-28-21-34(25-14-16-29(17-15-25)42-36-11-4-3-8-30(36)31-18-19-39-23-37(31)42)41-35(22-28)33-10-5-9-32(40-33)27-13-12-24-6-1-2-7-26(24)20-27;1-24-12-19-36-28(22-24)29-23-38-21-20-37(29)42(36)27-16-13-26(14-17-27)31-8-4-9-32(39-31)33-10-5-11-34(41-33)35-18-15-25-6-2-3-7-30(25)40-35;1-2-8-27-23-28(16-15-25(27)7-1)33-11-6-13-35(40-33)34-12-5-10-32(39-34)26-17-19-29(20-18-26)41-36-14-4-3-9-30(36)31-24-38-22-21-37(31)41/h1-23H;2-23H,1H3;1-24H. The molecule has 13 heterocycles. The van der Waals surface area contributed by atoms with E-state index in [4.69, 9.17) is 46.5 Å². The first kappa shape index (κ1) is 74.7. The van der Waals surface area contributed by atoms with Crippen LogP contribution in [0, 0.1) is 6.92 Å². The van der Waals surface area contributed by atoms with Crippen molar-refractivity contribution in [3.8, 4) is 119 Å². The van der Waals surface area contributed by atoms with E-state index < -0.39 is 0 Å². The topological polar surface area (TPSA) is 144 Å². The molecule has 0 aliphatic rings. The van der Waals surface area contributed by atoms with Crippen molar-refractivity contribution in [1.82, 2.24) is 63.5 Å². The molecule has 0 fully saturated rings. The van der Waals surface area contributed by atoms with E-state index >= 15 is 0 Å². The van der Waals surface area contributed by atoms with Crippen molar-refractivity contribution in [2.45, 2.75) is 6.92 Å². The zero-order chi connectivity index (χ0) is 83.3. The lowest BCUT2D eigenvalue weighted by molar-refractivity contribution is 1.16. The summed E-state index contributed by atoms with van der Waals surface area (Å²) in [5, 5.41) is 13.7. The number of halogens is 1. The van der Waals surface area contributed by atoms with Gasteiger partial charge in [-0.25, -0.2) is 34.9 Å². The lowest BCUT2D eigenvalue weighted by Crippen LogP contribution is -1.95. The molecule has 24 rings (SSSR count). The number of nitrogens with zero attached hydrogens (tertiary/aromatic N) is 13. The van der Waals surface area contributed by atoms with E-state index in [9.17, 15) is 0 Å². The Balaban J connectivity index is 0.000000111. The molecule has 125 heavy (non-hydrogen) atoms. The monoisotopic (exact) mass is 1620 g/mol. The molecule has 0 aliphatic carbocycles. The molecular weight excluding hydrogens is 1550 g/mol. The molecule has 11 aromatic carbocycles. The number of fused-ring (bicyclic) bond motifs is 12. The van der Waals surface area contributed by atoms with Crippen molar-refractivity contribution in [1.29, 1.82) is 0 Å². The zero-order valence-corrected chi connectivity index (χ0v) is 68.3. The van der Waals surface area contributed by atoms with Crippen LogP contribution in [-0.2, 0) is 0 Å². The Labute approximate surface area is 723 Å². The maximum atomic E-state index is 6.64. The predicted molar refractivity (Wildman–Crippen MR) is 511 cm³/mol. The number of benzene rings is 11. The van der Waals surface area contributed by atoms with Crippen LogP contribution in [0.25, 0.3) is 217 Å². The molecule has 13 nitrogen and oxygen atoms in total. The third kappa shape index (κ3) is 14.4. The molecule has 0 atom stereocenters. The molecule has 0 radical (unpaired) electrons. The van der Waals surface area contributed by atoms with Gasteiger partial charge in [0.15, 0.2) is 0 Å². The largest absolute Gasteiger partial charge is 0.309 e. The minimum atomic E-state index is 0.616. The Morgan fingerprint density at radius 3 is 1.07 bits per heavy atom. The van der Waals surface area contributed by atoms with E-state index in [-0.39, 0.29) is 0 Å². The fourth-order valence-corrected chi connectivity index (χ4v) is 17.4. The van der Waals surface area contributed by atoms with Crippen LogP contribution in [0.5, 0.6) is 0 Å². The van der Waals surface area contributed by atoms with Gasteiger partial charge in [0.2, 0.25) is 0 Å². The van der Waals surface area contributed by atoms with E-state index in [1.807, 2.05) is 140 Å². The minimum Gasteiger partial charge on any atom is -0.309 e. The maximum Gasteiger partial charge on any atom is 0.0908 e. The summed E-state index contributed by atoms with van der Waals surface area (Å²) in [7, 11) is 0. The fraction of sp³-hybridized carbons (Fsp3) is 0.00901. The quantitative estimate of drug-likeness (QED) is 0.116. The average Bonchev–Trinajstić information content (AvgIpc) is 1.61. The number of hydrogen-bond donors (Lipinski definition) is 0. The number of rotatable bonds is 12. The van der Waals surface area contributed by atoms with Gasteiger partial charge in [-0.1, -0.05) is 223 Å². The second kappa shape index (κ2) is 32.2. The van der Waals surface area contributed by atoms with Crippen molar-refractivity contribution < 1.29 is 0 Å². The van der Waals surface area contributed by atoms with Gasteiger partial charge in [0, 0.05) is 119 Å². The molecule has 0 bridgehead atoms. The van der Waals surface area contributed by atoms with Crippen molar-refractivity contribution in [3.05, 3.63) is 430 Å². The van der Waals surface area contributed by atoms with Gasteiger partial charge < -0.3 is 13.7 Å². The summed E-state index contributed by atoms with van der Waals surface area (Å²) >= 11 is 6.64. The summed E-state index contributed by atoms with van der Waals surface area (Å²) in [4.78, 5) is 47.9. The first-order valence-corrected chi connectivity index (χ1v) is 41.8. The highest BCUT2D eigenvalue weighted by Gasteiger charge is 2.20. The molecule has 0 amide bonds. The van der Waals surface area contributed by atoms with E-state index in [1.165, 1.54) is 59.7 Å². The van der Waals surface area contributed by atoms with Crippen LogP contribution >= 0.6 is 11.6 Å². The van der Waals surface area contributed by atoms with Gasteiger partial charge in [0.1, 0.15) is 0 Å².